The van der Waals surface area contributed by atoms with E-state index in [0.717, 1.165) is 42.4 Å². The molecule has 0 radical (unpaired) electrons. The normalized spacial score (nSPS) is 18.0. The lowest BCUT2D eigenvalue weighted by Crippen LogP contribution is -2.38. The van der Waals surface area contributed by atoms with Crippen molar-refractivity contribution in [2.75, 3.05) is 33.4 Å². The highest BCUT2D eigenvalue weighted by Crippen LogP contribution is 2.35. The first-order chi connectivity index (χ1) is 14.7. The molecule has 174 valence electrons. The first kappa shape index (κ1) is 24.3. The smallest absolute Gasteiger partial charge is 0.259 e. The maximum absolute atomic E-state index is 12.9. The second kappa shape index (κ2) is 10.5. The van der Waals surface area contributed by atoms with Gasteiger partial charge in [0.1, 0.15) is 10.7 Å². The largest absolute Gasteiger partial charge is 0.389 e. The van der Waals surface area contributed by atoms with Crippen LogP contribution in [0.5, 0.6) is 0 Å². The number of thiophene rings is 1. The van der Waals surface area contributed by atoms with E-state index in [0.29, 0.717) is 31.4 Å². The number of rotatable bonds is 10. The molecule has 0 aromatic carbocycles. The van der Waals surface area contributed by atoms with Gasteiger partial charge in [-0.1, -0.05) is 6.92 Å². The lowest BCUT2D eigenvalue weighted by Gasteiger charge is -2.27. The third-order valence-electron chi connectivity index (χ3n) is 5.59. The van der Waals surface area contributed by atoms with Crippen LogP contribution in [-0.2, 0) is 28.9 Å². The first-order valence-electron chi connectivity index (χ1n) is 11.2. The Balaban J connectivity index is 1.75. The van der Waals surface area contributed by atoms with Crippen LogP contribution >= 0.6 is 11.3 Å². The van der Waals surface area contributed by atoms with E-state index < -0.39 is 6.10 Å². The molecular weight excluding hydrogens is 414 g/mol. The van der Waals surface area contributed by atoms with E-state index in [1.165, 1.54) is 10.4 Å². The monoisotopic (exact) mass is 451 g/mol. The van der Waals surface area contributed by atoms with Crippen molar-refractivity contribution in [3.8, 4) is 0 Å². The predicted octanol–water partition coefficient (Wildman–Crippen LogP) is 3.12. The molecule has 0 aliphatic heterocycles. The minimum atomic E-state index is -0.618. The average Bonchev–Trinajstić information content (AvgIpc) is 3.03. The van der Waals surface area contributed by atoms with Crippen molar-refractivity contribution in [1.82, 2.24) is 14.9 Å². The molecule has 0 saturated heterocycles. The van der Waals surface area contributed by atoms with Crippen molar-refractivity contribution < 1.29 is 14.6 Å². The van der Waals surface area contributed by atoms with Crippen LogP contribution in [-0.4, -0.2) is 65.1 Å². The third-order valence-corrected chi connectivity index (χ3v) is 6.74. The molecule has 1 aliphatic rings. The van der Waals surface area contributed by atoms with Gasteiger partial charge in [-0.2, -0.15) is 0 Å². The van der Waals surface area contributed by atoms with E-state index in [9.17, 15) is 9.90 Å². The van der Waals surface area contributed by atoms with Crippen LogP contribution in [0.3, 0.4) is 0 Å². The molecule has 2 aromatic rings. The van der Waals surface area contributed by atoms with Crippen LogP contribution in [0.25, 0.3) is 10.2 Å². The number of hydrogen-bond donors (Lipinski definition) is 2. The van der Waals surface area contributed by atoms with Crippen LogP contribution < -0.4 is 5.56 Å². The fraction of sp³-hybridized carbons (Fsp3) is 0.739. The Hall–Kier alpha value is -1.32. The van der Waals surface area contributed by atoms with Crippen LogP contribution in [0, 0.1) is 5.92 Å². The third kappa shape index (κ3) is 6.83. The molecule has 0 spiro atoms. The van der Waals surface area contributed by atoms with Gasteiger partial charge in [0, 0.05) is 31.7 Å². The Morgan fingerprint density at radius 2 is 2.16 bits per heavy atom. The number of aliphatic hydroxyl groups excluding tert-OH is 1. The highest BCUT2D eigenvalue weighted by molar-refractivity contribution is 7.18. The maximum Gasteiger partial charge on any atom is 0.259 e. The number of hydrogen-bond acceptors (Lipinski definition) is 7. The summed E-state index contributed by atoms with van der Waals surface area (Å²) in [7, 11) is 1.68. The van der Waals surface area contributed by atoms with Crippen molar-refractivity contribution in [3.63, 3.8) is 0 Å². The zero-order valence-electron chi connectivity index (χ0n) is 19.5. The Bertz CT molecular complexity index is 918. The molecule has 0 fully saturated rings. The summed E-state index contributed by atoms with van der Waals surface area (Å²) in [4.78, 5) is 25.0. The Morgan fingerprint density at radius 3 is 2.87 bits per heavy atom. The van der Waals surface area contributed by atoms with Crippen molar-refractivity contribution in [2.45, 2.75) is 71.6 Å². The Morgan fingerprint density at radius 1 is 1.39 bits per heavy atom. The fourth-order valence-corrected chi connectivity index (χ4v) is 5.45. The summed E-state index contributed by atoms with van der Waals surface area (Å²) < 4.78 is 10.9. The number of methoxy groups -OCH3 is 1. The highest BCUT2D eigenvalue weighted by atomic mass is 32.1. The summed E-state index contributed by atoms with van der Waals surface area (Å²) >= 11 is 1.67. The summed E-state index contributed by atoms with van der Waals surface area (Å²) in [5.41, 5.74) is 0.862. The van der Waals surface area contributed by atoms with Gasteiger partial charge in [0.15, 0.2) is 0 Å². The molecule has 31 heavy (non-hydrogen) atoms. The minimum absolute atomic E-state index is 0.0412. The lowest BCUT2D eigenvalue weighted by atomic mass is 9.89. The molecule has 0 saturated carbocycles. The van der Waals surface area contributed by atoms with Crippen LogP contribution in [0.4, 0.5) is 0 Å². The molecule has 0 unspecified atom stereocenters. The van der Waals surface area contributed by atoms with Gasteiger partial charge in [-0.05, 0) is 57.9 Å². The highest BCUT2D eigenvalue weighted by Gasteiger charge is 2.24. The first-order valence-corrected chi connectivity index (χ1v) is 12.0. The minimum Gasteiger partial charge on any atom is -0.389 e. The quantitative estimate of drug-likeness (QED) is 0.540. The van der Waals surface area contributed by atoms with E-state index in [4.69, 9.17) is 14.5 Å². The molecule has 1 aliphatic carbocycles. The molecule has 2 N–H and O–H groups in total. The summed E-state index contributed by atoms with van der Waals surface area (Å²) in [6.07, 6.45) is 3.34. The number of ether oxygens (including phenoxy) is 2. The summed E-state index contributed by atoms with van der Waals surface area (Å²) in [6.45, 7) is 10.8. The Kier molecular flexibility index (Phi) is 8.26. The fourth-order valence-electron chi connectivity index (χ4n) is 4.04. The van der Waals surface area contributed by atoms with Crippen molar-refractivity contribution in [2.24, 2.45) is 5.92 Å². The van der Waals surface area contributed by atoms with Gasteiger partial charge in [-0.15, -0.1) is 11.3 Å². The summed E-state index contributed by atoms with van der Waals surface area (Å²) in [5.74, 6) is 1.30. The molecule has 7 nitrogen and oxygen atoms in total. The second-order valence-corrected chi connectivity index (χ2v) is 10.8. The van der Waals surface area contributed by atoms with Gasteiger partial charge in [0.25, 0.3) is 5.56 Å². The van der Waals surface area contributed by atoms with Gasteiger partial charge in [0.2, 0.25) is 0 Å². The predicted molar refractivity (Wildman–Crippen MR) is 125 cm³/mol. The number of aromatic nitrogens is 2. The number of H-pyrrole nitrogens is 1. The maximum atomic E-state index is 12.9. The summed E-state index contributed by atoms with van der Waals surface area (Å²) in [6, 6.07) is 0. The summed E-state index contributed by atoms with van der Waals surface area (Å²) in [5, 5.41) is 11.3. The van der Waals surface area contributed by atoms with Gasteiger partial charge < -0.3 is 19.6 Å². The molecule has 0 amide bonds. The van der Waals surface area contributed by atoms with Gasteiger partial charge in [0.05, 0.1) is 30.2 Å². The van der Waals surface area contributed by atoms with Gasteiger partial charge in [-0.25, -0.2) is 4.98 Å². The lowest BCUT2D eigenvalue weighted by molar-refractivity contribution is -0.0571. The van der Waals surface area contributed by atoms with Crippen LogP contribution in [0.2, 0.25) is 0 Å². The zero-order valence-corrected chi connectivity index (χ0v) is 20.3. The van der Waals surface area contributed by atoms with E-state index in [1.54, 1.807) is 18.4 Å². The standard InChI is InChI=1S/C23H37N3O4S/c1-15-7-8-17-18(11-15)31-22-20(17)21(28)24-19(25-22)13-26(9-6-10-29-5)12-16(27)14-30-23(2,3)4/h15-16,27H,6-14H2,1-5H3,(H,24,25,28)/t15-,16-/m0/s1. The van der Waals surface area contributed by atoms with E-state index >= 15 is 0 Å². The number of aliphatic hydroxyl groups is 1. The molecule has 0 bridgehead atoms. The molecular formula is C23H37N3O4S. The molecule has 2 heterocycles. The van der Waals surface area contributed by atoms with E-state index in [2.05, 4.69) is 16.8 Å². The SMILES string of the molecule is COCCCN(Cc1nc2sc3c(c2c(=O)[nH]1)CC[C@H](C)C3)C[C@H](O)COC(C)(C)C. The molecule has 3 rings (SSSR count). The molecule has 2 atom stereocenters. The average molecular weight is 452 g/mol. The van der Waals surface area contributed by atoms with Crippen molar-refractivity contribution in [3.05, 3.63) is 26.6 Å². The number of fused-ring (bicyclic) bond motifs is 3. The zero-order chi connectivity index (χ0) is 22.6. The van der Waals surface area contributed by atoms with Crippen LogP contribution in [0.1, 0.15) is 56.8 Å². The Labute approximate surface area is 188 Å². The topological polar surface area (TPSA) is 87.7 Å². The number of nitrogens with zero attached hydrogens (tertiary/aromatic N) is 2. The van der Waals surface area contributed by atoms with Gasteiger partial charge in [-0.3, -0.25) is 9.69 Å². The van der Waals surface area contributed by atoms with Gasteiger partial charge >= 0.3 is 0 Å². The van der Waals surface area contributed by atoms with Crippen LogP contribution in [0.15, 0.2) is 4.79 Å². The van der Waals surface area contributed by atoms with Crippen molar-refractivity contribution >= 4 is 21.6 Å². The number of nitrogens with one attached hydrogen (secondary N) is 1. The van der Waals surface area contributed by atoms with E-state index in [-0.39, 0.29) is 17.8 Å². The second-order valence-electron chi connectivity index (χ2n) is 9.70. The number of aromatic amines is 1. The molecule has 2 aromatic heterocycles. The molecule has 8 heteroatoms. The van der Waals surface area contributed by atoms with Crippen molar-refractivity contribution in [1.29, 1.82) is 0 Å². The van der Waals surface area contributed by atoms with E-state index in [1.807, 2.05) is 20.8 Å². The number of aryl methyl sites for hydroxylation is 1.